The largest absolute Gasteiger partial charge is 0.395 e. The fourth-order valence-corrected chi connectivity index (χ4v) is 2.43. The molecule has 0 saturated heterocycles. The molecule has 4 heteroatoms. The maximum atomic E-state index is 8.79. The van der Waals surface area contributed by atoms with Gasteiger partial charge in [-0.3, -0.25) is 0 Å². The van der Waals surface area contributed by atoms with E-state index in [0.717, 1.165) is 13.0 Å². The third kappa shape index (κ3) is 6.40. The summed E-state index contributed by atoms with van der Waals surface area (Å²) in [6, 6.07) is 8.56. The average molecular weight is 268 g/mol. The van der Waals surface area contributed by atoms with Crippen LogP contribution in [0.4, 0.5) is 0 Å². The van der Waals surface area contributed by atoms with E-state index in [9.17, 15) is 0 Å². The Hall–Kier alpha value is -0.550. The topological polar surface area (TPSA) is 58.3 Å². The minimum Gasteiger partial charge on any atom is -0.395 e. The second-order valence-corrected chi connectivity index (χ2v) is 6.36. The molecule has 0 aliphatic carbocycles. The van der Waals surface area contributed by atoms with Crippen molar-refractivity contribution in [2.24, 2.45) is 5.73 Å². The standard InChI is InChI=1S/C14H24N2OS/c1-11(2)18-14-5-3-12(4-6-14)7-8-16-9-13(15)10-17/h3-6,11,13,16-17H,7-10,15H2,1-2H3. The average Bonchev–Trinajstić information content (AvgIpc) is 2.35. The van der Waals surface area contributed by atoms with Gasteiger partial charge >= 0.3 is 0 Å². The van der Waals surface area contributed by atoms with Crippen molar-refractivity contribution in [3.63, 3.8) is 0 Å². The molecule has 1 unspecified atom stereocenters. The molecule has 0 aromatic heterocycles. The molecule has 18 heavy (non-hydrogen) atoms. The van der Waals surface area contributed by atoms with Crippen LogP contribution in [0.1, 0.15) is 19.4 Å². The molecule has 0 amide bonds. The van der Waals surface area contributed by atoms with Gasteiger partial charge in [0.25, 0.3) is 0 Å². The summed E-state index contributed by atoms with van der Waals surface area (Å²) in [5.41, 5.74) is 6.93. The van der Waals surface area contributed by atoms with Gasteiger partial charge < -0.3 is 16.2 Å². The lowest BCUT2D eigenvalue weighted by atomic mass is 10.1. The lowest BCUT2D eigenvalue weighted by molar-refractivity contribution is 0.262. The SMILES string of the molecule is CC(C)Sc1ccc(CCNCC(N)CO)cc1. The van der Waals surface area contributed by atoms with Gasteiger partial charge in [0.15, 0.2) is 0 Å². The molecule has 0 bridgehead atoms. The van der Waals surface area contributed by atoms with Gasteiger partial charge in [-0.2, -0.15) is 0 Å². The molecule has 4 N–H and O–H groups in total. The number of rotatable bonds is 8. The zero-order chi connectivity index (χ0) is 13.4. The highest BCUT2D eigenvalue weighted by Crippen LogP contribution is 2.22. The minimum atomic E-state index is -0.158. The van der Waals surface area contributed by atoms with Crippen molar-refractivity contribution in [3.8, 4) is 0 Å². The second-order valence-electron chi connectivity index (χ2n) is 4.71. The summed E-state index contributed by atoms with van der Waals surface area (Å²) in [4.78, 5) is 1.32. The van der Waals surface area contributed by atoms with Gasteiger partial charge in [-0.15, -0.1) is 11.8 Å². The summed E-state index contributed by atoms with van der Waals surface area (Å²) in [5, 5.41) is 12.7. The van der Waals surface area contributed by atoms with Crippen LogP contribution in [0.3, 0.4) is 0 Å². The summed E-state index contributed by atoms with van der Waals surface area (Å²) < 4.78 is 0. The van der Waals surface area contributed by atoms with Crippen molar-refractivity contribution in [3.05, 3.63) is 29.8 Å². The summed E-state index contributed by atoms with van der Waals surface area (Å²) in [6.07, 6.45) is 0.991. The Kier molecular flexibility index (Phi) is 7.35. The summed E-state index contributed by atoms with van der Waals surface area (Å²) in [6.45, 7) is 6.00. The summed E-state index contributed by atoms with van der Waals surface area (Å²) in [5.74, 6) is 0. The van der Waals surface area contributed by atoms with Crippen LogP contribution in [0, 0.1) is 0 Å². The van der Waals surface area contributed by atoms with E-state index in [1.54, 1.807) is 0 Å². The van der Waals surface area contributed by atoms with Crippen LogP contribution in [0.15, 0.2) is 29.2 Å². The van der Waals surface area contributed by atoms with E-state index in [4.69, 9.17) is 10.8 Å². The Bertz CT molecular complexity index is 327. The maximum absolute atomic E-state index is 8.79. The highest BCUT2D eigenvalue weighted by molar-refractivity contribution is 7.99. The van der Waals surface area contributed by atoms with Crippen LogP contribution in [0.2, 0.25) is 0 Å². The number of nitrogens with one attached hydrogen (secondary N) is 1. The minimum absolute atomic E-state index is 0.0358. The van der Waals surface area contributed by atoms with Gasteiger partial charge in [0.2, 0.25) is 0 Å². The molecule has 0 spiro atoms. The zero-order valence-corrected chi connectivity index (χ0v) is 12.0. The predicted molar refractivity (Wildman–Crippen MR) is 79.1 cm³/mol. The molecule has 1 aromatic rings. The van der Waals surface area contributed by atoms with Crippen LogP contribution in [-0.2, 0) is 6.42 Å². The molecule has 1 atom stereocenters. The van der Waals surface area contributed by atoms with Gasteiger partial charge in [-0.05, 0) is 30.7 Å². The van der Waals surface area contributed by atoms with Crippen molar-refractivity contribution in [2.45, 2.75) is 36.5 Å². The van der Waals surface area contributed by atoms with Crippen LogP contribution >= 0.6 is 11.8 Å². The fraction of sp³-hybridized carbons (Fsp3) is 0.571. The zero-order valence-electron chi connectivity index (χ0n) is 11.2. The quantitative estimate of drug-likeness (QED) is 0.495. The summed E-state index contributed by atoms with van der Waals surface area (Å²) in [7, 11) is 0. The van der Waals surface area contributed by atoms with E-state index in [-0.39, 0.29) is 12.6 Å². The molecule has 0 aliphatic heterocycles. The molecule has 3 nitrogen and oxygen atoms in total. The Morgan fingerprint density at radius 3 is 2.50 bits per heavy atom. The first-order chi connectivity index (χ1) is 8.61. The van der Waals surface area contributed by atoms with Crippen molar-refractivity contribution in [2.75, 3.05) is 19.7 Å². The number of aliphatic hydroxyl groups is 1. The van der Waals surface area contributed by atoms with Crippen LogP contribution < -0.4 is 11.1 Å². The number of hydrogen-bond acceptors (Lipinski definition) is 4. The third-order valence-electron chi connectivity index (χ3n) is 2.53. The molecule has 0 aliphatic rings. The fourth-order valence-electron chi connectivity index (χ4n) is 1.59. The van der Waals surface area contributed by atoms with E-state index >= 15 is 0 Å². The van der Waals surface area contributed by atoms with Crippen molar-refractivity contribution in [1.29, 1.82) is 0 Å². The monoisotopic (exact) mass is 268 g/mol. The van der Waals surface area contributed by atoms with Crippen molar-refractivity contribution >= 4 is 11.8 Å². The highest BCUT2D eigenvalue weighted by Gasteiger charge is 2.00. The first-order valence-corrected chi connectivity index (χ1v) is 7.32. The van der Waals surface area contributed by atoms with Gasteiger partial charge in [-0.25, -0.2) is 0 Å². The van der Waals surface area contributed by atoms with Gasteiger partial charge in [-0.1, -0.05) is 26.0 Å². The first-order valence-electron chi connectivity index (χ1n) is 6.44. The number of thioether (sulfide) groups is 1. The number of benzene rings is 1. The molecule has 1 rings (SSSR count). The van der Waals surface area contributed by atoms with E-state index in [1.807, 2.05) is 11.8 Å². The predicted octanol–water partition coefficient (Wildman–Crippen LogP) is 1.64. The van der Waals surface area contributed by atoms with Crippen LogP contribution in [-0.4, -0.2) is 36.1 Å². The van der Waals surface area contributed by atoms with Crippen LogP contribution in [0.5, 0.6) is 0 Å². The molecule has 0 heterocycles. The lowest BCUT2D eigenvalue weighted by Gasteiger charge is -2.10. The number of aliphatic hydroxyl groups excluding tert-OH is 1. The molecule has 1 aromatic carbocycles. The van der Waals surface area contributed by atoms with Gasteiger partial charge in [0.05, 0.1) is 6.61 Å². The number of nitrogens with two attached hydrogens (primary N) is 1. The first kappa shape index (κ1) is 15.5. The molecular weight excluding hydrogens is 244 g/mol. The van der Waals surface area contributed by atoms with E-state index in [2.05, 4.69) is 43.4 Å². The molecule has 0 radical (unpaired) electrons. The molecule has 0 saturated carbocycles. The second kappa shape index (κ2) is 8.53. The molecule has 102 valence electrons. The van der Waals surface area contributed by atoms with Gasteiger partial charge in [0, 0.05) is 22.7 Å². The Morgan fingerprint density at radius 1 is 1.28 bits per heavy atom. The Labute approximate surface area is 114 Å². The maximum Gasteiger partial charge on any atom is 0.0594 e. The summed E-state index contributed by atoms with van der Waals surface area (Å²) >= 11 is 1.88. The highest BCUT2D eigenvalue weighted by atomic mass is 32.2. The lowest BCUT2D eigenvalue weighted by Crippen LogP contribution is -2.37. The van der Waals surface area contributed by atoms with Crippen molar-refractivity contribution < 1.29 is 5.11 Å². The Morgan fingerprint density at radius 2 is 1.94 bits per heavy atom. The third-order valence-corrected chi connectivity index (χ3v) is 3.54. The Balaban J connectivity index is 2.26. The van der Waals surface area contributed by atoms with Gasteiger partial charge in [0.1, 0.15) is 0 Å². The molecular formula is C14H24N2OS. The van der Waals surface area contributed by atoms with E-state index in [0.29, 0.717) is 11.8 Å². The number of hydrogen-bond donors (Lipinski definition) is 3. The smallest absolute Gasteiger partial charge is 0.0594 e. The molecule has 0 fully saturated rings. The van der Waals surface area contributed by atoms with E-state index < -0.39 is 0 Å². The van der Waals surface area contributed by atoms with Crippen LogP contribution in [0.25, 0.3) is 0 Å². The normalized spacial score (nSPS) is 12.9. The van der Waals surface area contributed by atoms with Crippen molar-refractivity contribution in [1.82, 2.24) is 5.32 Å². The van der Waals surface area contributed by atoms with E-state index in [1.165, 1.54) is 10.5 Å².